The Hall–Kier alpha value is -0.970. The van der Waals surface area contributed by atoms with E-state index < -0.39 is 6.17 Å². The van der Waals surface area contributed by atoms with Gasteiger partial charge >= 0.3 is 0 Å². The maximum Gasteiger partial charge on any atom is 0.232 e. The highest BCUT2D eigenvalue weighted by Gasteiger charge is 2.45. The molecule has 1 N–H and O–H groups in total. The average Bonchev–Trinajstić information content (AvgIpc) is 2.80. The van der Waals surface area contributed by atoms with Gasteiger partial charge in [0.2, 0.25) is 5.89 Å². The van der Waals surface area contributed by atoms with Gasteiger partial charge in [0.15, 0.2) is 5.82 Å². The molecular formula is C12H16FN3O. The van der Waals surface area contributed by atoms with Crippen LogP contribution in [0.2, 0.25) is 0 Å². The number of nitrogens with zero attached hydrogens (tertiary/aromatic N) is 2. The van der Waals surface area contributed by atoms with Gasteiger partial charge in [-0.05, 0) is 44.2 Å². The van der Waals surface area contributed by atoms with Crippen LogP contribution in [0.1, 0.15) is 42.8 Å². The summed E-state index contributed by atoms with van der Waals surface area (Å²) >= 11 is 0. The third kappa shape index (κ3) is 1.59. The van der Waals surface area contributed by atoms with E-state index in [1.807, 2.05) is 0 Å². The number of nitrogens with one attached hydrogen (secondary N) is 1. The lowest BCUT2D eigenvalue weighted by Crippen LogP contribution is -2.11. The van der Waals surface area contributed by atoms with Gasteiger partial charge in [-0.1, -0.05) is 5.16 Å². The number of hydrogen-bond donors (Lipinski definition) is 1. The molecule has 2 aliphatic carbocycles. The van der Waals surface area contributed by atoms with Crippen molar-refractivity contribution in [1.29, 1.82) is 0 Å². The first-order valence-electron chi connectivity index (χ1n) is 6.49. The van der Waals surface area contributed by atoms with E-state index in [0.29, 0.717) is 18.2 Å². The Morgan fingerprint density at radius 2 is 1.88 bits per heavy atom. The summed E-state index contributed by atoms with van der Waals surface area (Å²) in [5, 5.41) is 7.47. The largest absolute Gasteiger partial charge is 0.339 e. The van der Waals surface area contributed by atoms with Crippen LogP contribution in [0.15, 0.2) is 4.52 Å². The van der Waals surface area contributed by atoms with Crippen molar-refractivity contribution in [1.82, 2.24) is 15.5 Å². The Morgan fingerprint density at radius 1 is 1.18 bits per heavy atom. The molecule has 0 amide bonds. The SMILES string of the molecule is F[C@H]1C[C@H]1c1nc(C2C[C@@H]3CNC[C@H]3C2)no1. The molecule has 0 bridgehead atoms. The van der Waals surface area contributed by atoms with Crippen LogP contribution in [-0.4, -0.2) is 29.4 Å². The van der Waals surface area contributed by atoms with Crippen LogP contribution in [0.4, 0.5) is 4.39 Å². The minimum Gasteiger partial charge on any atom is -0.339 e. The van der Waals surface area contributed by atoms with Crippen LogP contribution in [0, 0.1) is 11.8 Å². The van der Waals surface area contributed by atoms with Gasteiger partial charge in [0, 0.05) is 5.92 Å². The van der Waals surface area contributed by atoms with Gasteiger partial charge in [0.25, 0.3) is 0 Å². The molecule has 0 radical (unpaired) electrons. The van der Waals surface area contributed by atoms with E-state index in [-0.39, 0.29) is 5.92 Å². The van der Waals surface area contributed by atoms with Gasteiger partial charge in [-0.3, -0.25) is 0 Å². The molecule has 0 unspecified atom stereocenters. The van der Waals surface area contributed by atoms with Gasteiger partial charge < -0.3 is 9.84 Å². The highest BCUT2D eigenvalue weighted by atomic mass is 19.1. The third-order valence-electron chi connectivity index (χ3n) is 4.51. The molecule has 0 aromatic carbocycles. The maximum atomic E-state index is 12.9. The number of aromatic nitrogens is 2. The van der Waals surface area contributed by atoms with Gasteiger partial charge in [-0.15, -0.1) is 0 Å². The van der Waals surface area contributed by atoms with E-state index >= 15 is 0 Å². The second kappa shape index (κ2) is 3.51. The first kappa shape index (κ1) is 10.00. The Morgan fingerprint density at radius 3 is 2.53 bits per heavy atom. The van der Waals surface area contributed by atoms with Crippen molar-refractivity contribution in [2.24, 2.45) is 11.8 Å². The topological polar surface area (TPSA) is 51.0 Å². The molecule has 4 nitrogen and oxygen atoms in total. The lowest BCUT2D eigenvalue weighted by atomic mass is 10.0. The Balaban J connectivity index is 1.50. The van der Waals surface area contributed by atoms with Crippen LogP contribution in [0.3, 0.4) is 0 Å². The third-order valence-corrected chi connectivity index (χ3v) is 4.51. The lowest BCUT2D eigenvalue weighted by Gasteiger charge is -2.04. The zero-order valence-electron chi connectivity index (χ0n) is 9.60. The van der Waals surface area contributed by atoms with Crippen molar-refractivity contribution < 1.29 is 8.91 Å². The second-order valence-electron chi connectivity index (χ2n) is 5.70. The zero-order valence-corrected chi connectivity index (χ0v) is 9.60. The van der Waals surface area contributed by atoms with E-state index in [1.54, 1.807) is 0 Å². The molecular weight excluding hydrogens is 221 g/mol. The highest BCUT2D eigenvalue weighted by Crippen LogP contribution is 2.45. The van der Waals surface area contributed by atoms with E-state index in [4.69, 9.17) is 4.52 Å². The quantitative estimate of drug-likeness (QED) is 0.849. The predicted octanol–water partition coefficient (Wildman–Crippen LogP) is 1.61. The van der Waals surface area contributed by atoms with Crippen molar-refractivity contribution >= 4 is 0 Å². The summed E-state index contributed by atoms with van der Waals surface area (Å²) in [6.07, 6.45) is 2.11. The van der Waals surface area contributed by atoms with E-state index in [0.717, 1.165) is 43.6 Å². The van der Waals surface area contributed by atoms with Gasteiger partial charge in [-0.2, -0.15) is 4.98 Å². The number of rotatable bonds is 2. The monoisotopic (exact) mass is 237 g/mol. The fraction of sp³-hybridized carbons (Fsp3) is 0.833. The van der Waals surface area contributed by atoms with E-state index in [2.05, 4.69) is 15.5 Å². The number of alkyl halides is 1. The van der Waals surface area contributed by atoms with Crippen molar-refractivity contribution in [3.8, 4) is 0 Å². The smallest absolute Gasteiger partial charge is 0.232 e. The molecule has 5 heteroatoms. The van der Waals surface area contributed by atoms with Gasteiger partial charge in [0.05, 0.1) is 5.92 Å². The molecule has 0 spiro atoms. The van der Waals surface area contributed by atoms with E-state index in [9.17, 15) is 4.39 Å². The molecule has 2 heterocycles. The van der Waals surface area contributed by atoms with Crippen LogP contribution in [0.25, 0.3) is 0 Å². The molecule has 3 aliphatic rings. The first-order chi connectivity index (χ1) is 8.31. The molecule has 4 rings (SSSR count). The molecule has 3 fully saturated rings. The fourth-order valence-electron chi connectivity index (χ4n) is 3.36. The molecule has 4 atom stereocenters. The van der Waals surface area contributed by atoms with Crippen molar-refractivity contribution in [3.05, 3.63) is 11.7 Å². The normalized spacial score (nSPS) is 40.8. The fourth-order valence-corrected chi connectivity index (χ4v) is 3.36. The van der Waals surface area contributed by atoms with Crippen LogP contribution < -0.4 is 5.32 Å². The van der Waals surface area contributed by atoms with Crippen LogP contribution in [-0.2, 0) is 0 Å². The molecule has 17 heavy (non-hydrogen) atoms. The van der Waals surface area contributed by atoms with Crippen molar-refractivity contribution in [2.75, 3.05) is 13.1 Å². The maximum absolute atomic E-state index is 12.9. The lowest BCUT2D eigenvalue weighted by molar-refractivity contribution is 0.356. The molecule has 1 aromatic rings. The summed E-state index contributed by atoms with van der Waals surface area (Å²) in [5.41, 5.74) is 0. The number of fused-ring (bicyclic) bond motifs is 1. The number of hydrogen-bond acceptors (Lipinski definition) is 4. The summed E-state index contributed by atoms with van der Waals surface area (Å²) in [6.45, 7) is 2.25. The summed E-state index contributed by atoms with van der Waals surface area (Å²) in [6, 6.07) is 0. The molecule has 92 valence electrons. The summed E-state index contributed by atoms with van der Waals surface area (Å²) in [5.74, 6) is 3.20. The minimum atomic E-state index is -0.754. The highest BCUT2D eigenvalue weighted by molar-refractivity contribution is 5.11. The number of halogens is 1. The zero-order chi connectivity index (χ0) is 11.4. The first-order valence-corrected chi connectivity index (χ1v) is 6.49. The van der Waals surface area contributed by atoms with Gasteiger partial charge in [0.1, 0.15) is 6.17 Å². The minimum absolute atomic E-state index is 0.112. The summed E-state index contributed by atoms with van der Waals surface area (Å²) < 4.78 is 18.1. The standard InChI is InChI=1S/C12H16FN3O/c13-10-3-9(10)12-15-11(16-17-12)6-1-7-4-14-5-8(7)2-6/h6-10,14H,1-5H2/t7-,8-,9-,10+/m1/s1. The van der Waals surface area contributed by atoms with Gasteiger partial charge in [-0.25, -0.2) is 4.39 Å². The van der Waals surface area contributed by atoms with E-state index in [1.165, 1.54) is 0 Å². The molecule has 2 saturated carbocycles. The summed E-state index contributed by atoms with van der Waals surface area (Å²) in [7, 11) is 0. The van der Waals surface area contributed by atoms with Crippen LogP contribution in [0.5, 0.6) is 0 Å². The molecule has 1 saturated heterocycles. The average molecular weight is 237 g/mol. The summed E-state index contributed by atoms with van der Waals surface area (Å²) in [4.78, 5) is 4.39. The Labute approximate surface area is 99.0 Å². The predicted molar refractivity (Wildman–Crippen MR) is 58.4 cm³/mol. The molecule has 1 aromatic heterocycles. The Bertz CT molecular complexity index is 423. The van der Waals surface area contributed by atoms with Crippen LogP contribution >= 0.6 is 0 Å². The van der Waals surface area contributed by atoms with Crippen molar-refractivity contribution in [2.45, 2.75) is 37.3 Å². The Kier molecular flexibility index (Phi) is 2.06. The van der Waals surface area contributed by atoms with Crippen molar-refractivity contribution in [3.63, 3.8) is 0 Å². The second-order valence-corrected chi connectivity index (χ2v) is 5.70. The molecule has 1 aliphatic heterocycles.